The van der Waals surface area contributed by atoms with Crippen LogP contribution in [-0.4, -0.2) is 6.54 Å². The third-order valence-corrected chi connectivity index (χ3v) is 4.39. The van der Waals surface area contributed by atoms with Crippen LogP contribution in [0.1, 0.15) is 55.8 Å². The summed E-state index contributed by atoms with van der Waals surface area (Å²) in [4.78, 5) is 0. The molecule has 21 heavy (non-hydrogen) atoms. The SMILES string of the molecule is CCCNC(c1ccc(C(C)C)cc1)c1cccc(I)c1. The Labute approximate surface area is 142 Å². The molecule has 0 saturated heterocycles. The zero-order chi connectivity index (χ0) is 15.2. The summed E-state index contributed by atoms with van der Waals surface area (Å²) >= 11 is 2.38. The first kappa shape index (κ1) is 16.5. The first-order valence-corrected chi connectivity index (χ1v) is 8.78. The van der Waals surface area contributed by atoms with E-state index < -0.39 is 0 Å². The van der Waals surface area contributed by atoms with E-state index in [1.54, 1.807) is 0 Å². The summed E-state index contributed by atoms with van der Waals surface area (Å²) in [5.41, 5.74) is 4.08. The highest BCUT2D eigenvalue weighted by atomic mass is 127. The summed E-state index contributed by atoms with van der Waals surface area (Å²) in [6.07, 6.45) is 1.14. The first-order valence-electron chi connectivity index (χ1n) is 7.70. The van der Waals surface area contributed by atoms with Crippen molar-refractivity contribution >= 4 is 22.6 Å². The largest absolute Gasteiger partial charge is 0.306 e. The van der Waals surface area contributed by atoms with Gasteiger partial charge in [0.05, 0.1) is 6.04 Å². The Balaban J connectivity index is 2.31. The van der Waals surface area contributed by atoms with Crippen LogP contribution in [0.2, 0.25) is 0 Å². The molecular formula is C19H24IN. The van der Waals surface area contributed by atoms with Gasteiger partial charge >= 0.3 is 0 Å². The van der Waals surface area contributed by atoms with Gasteiger partial charge in [-0.25, -0.2) is 0 Å². The standard InChI is InChI=1S/C19H24IN/c1-4-12-21-19(17-6-5-7-18(20)13-17)16-10-8-15(9-11-16)14(2)3/h5-11,13-14,19,21H,4,12H2,1-3H3. The van der Waals surface area contributed by atoms with E-state index in [4.69, 9.17) is 0 Å². The smallest absolute Gasteiger partial charge is 0.0577 e. The van der Waals surface area contributed by atoms with Gasteiger partial charge in [-0.3, -0.25) is 0 Å². The number of halogens is 1. The van der Waals surface area contributed by atoms with Crippen molar-refractivity contribution in [3.05, 3.63) is 68.8 Å². The Kier molecular flexibility index (Phi) is 6.24. The van der Waals surface area contributed by atoms with Crippen LogP contribution in [0.15, 0.2) is 48.5 Å². The Bertz CT molecular complexity index is 560. The molecule has 0 spiro atoms. The van der Waals surface area contributed by atoms with E-state index >= 15 is 0 Å². The first-order chi connectivity index (χ1) is 10.1. The lowest BCUT2D eigenvalue weighted by Gasteiger charge is -2.20. The molecule has 0 aliphatic rings. The molecule has 0 amide bonds. The predicted octanol–water partition coefficient (Wildman–Crippen LogP) is 5.50. The van der Waals surface area contributed by atoms with Gasteiger partial charge in [0.15, 0.2) is 0 Å². The molecular weight excluding hydrogens is 369 g/mol. The van der Waals surface area contributed by atoms with Crippen LogP contribution in [-0.2, 0) is 0 Å². The van der Waals surface area contributed by atoms with E-state index in [0.29, 0.717) is 5.92 Å². The summed E-state index contributed by atoms with van der Waals surface area (Å²) < 4.78 is 1.28. The van der Waals surface area contributed by atoms with E-state index in [1.165, 1.54) is 20.3 Å². The zero-order valence-electron chi connectivity index (χ0n) is 13.1. The van der Waals surface area contributed by atoms with E-state index in [-0.39, 0.29) is 6.04 Å². The van der Waals surface area contributed by atoms with Crippen LogP contribution in [0.4, 0.5) is 0 Å². The van der Waals surface area contributed by atoms with Crippen molar-refractivity contribution in [2.45, 2.75) is 39.2 Å². The van der Waals surface area contributed by atoms with E-state index in [2.05, 4.69) is 97.2 Å². The van der Waals surface area contributed by atoms with Crippen molar-refractivity contribution in [3.63, 3.8) is 0 Å². The normalized spacial score (nSPS) is 12.6. The van der Waals surface area contributed by atoms with Gasteiger partial charge in [-0.1, -0.05) is 57.2 Å². The number of hydrogen-bond acceptors (Lipinski definition) is 1. The van der Waals surface area contributed by atoms with Crippen molar-refractivity contribution in [2.75, 3.05) is 6.54 Å². The third kappa shape index (κ3) is 4.55. The second-order valence-corrected chi connectivity index (χ2v) is 7.01. The fourth-order valence-electron chi connectivity index (χ4n) is 2.48. The molecule has 1 nitrogen and oxygen atoms in total. The van der Waals surface area contributed by atoms with Crippen LogP contribution in [0.25, 0.3) is 0 Å². The Morgan fingerprint density at radius 2 is 1.62 bits per heavy atom. The second-order valence-electron chi connectivity index (χ2n) is 5.76. The van der Waals surface area contributed by atoms with Gasteiger partial charge in [0.25, 0.3) is 0 Å². The quantitative estimate of drug-likeness (QED) is 0.639. The summed E-state index contributed by atoms with van der Waals surface area (Å²) in [5.74, 6) is 0.582. The van der Waals surface area contributed by atoms with Gasteiger partial charge in [0.1, 0.15) is 0 Å². The minimum atomic E-state index is 0.279. The predicted molar refractivity (Wildman–Crippen MR) is 99.8 cm³/mol. The average Bonchev–Trinajstić information content (AvgIpc) is 2.48. The van der Waals surface area contributed by atoms with Crippen molar-refractivity contribution in [2.24, 2.45) is 0 Å². The molecule has 112 valence electrons. The molecule has 0 aliphatic carbocycles. The monoisotopic (exact) mass is 393 g/mol. The van der Waals surface area contributed by atoms with Crippen LogP contribution in [0, 0.1) is 3.57 Å². The van der Waals surface area contributed by atoms with Gasteiger partial charge < -0.3 is 5.32 Å². The molecule has 1 unspecified atom stereocenters. The fraction of sp³-hybridized carbons (Fsp3) is 0.368. The Morgan fingerprint density at radius 1 is 0.952 bits per heavy atom. The lowest BCUT2D eigenvalue weighted by atomic mass is 9.95. The third-order valence-electron chi connectivity index (χ3n) is 3.72. The maximum absolute atomic E-state index is 3.67. The highest BCUT2D eigenvalue weighted by Crippen LogP contribution is 2.25. The summed E-state index contributed by atoms with van der Waals surface area (Å²) in [6, 6.07) is 18.1. The number of benzene rings is 2. The lowest BCUT2D eigenvalue weighted by molar-refractivity contribution is 0.598. The maximum atomic E-state index is 3.67. The van der Waals surface area contributed by atoms with Gasteiger partial charge in [-0.15, -0.1) is 0 Å². The van der Waals surface area contributed by atoms with Crippen LogP contribution >= 0.6 is 22.6 Å². The van der Waals surface area contributed by atoms with Crippen molar-refractivity contribution in [3.8, 4) is 0 Å². The molecule has 2 aromatic rings. The molecule has 0 radical (unpaired) electrons. The molecule has 2 heteroatoms. The molecule has 2 rings (SSSR count). The summed E-state index contributed by atoms with van der Waals surface area (Å²) in [6.45, 7) is 7.71. The second kappa shape index (κ2) is 7.95. The molecule has 0 bridgehead atoms. The van der Waals surface area contributed by atoms with Crippen molar-refractivity contribution < 1.29 is 0 Å². The number of hydrogen-bond donors (Lipinski definition) is 1. The van der Waals surface area contributed by atoms with E-state index in [1.807, 2.05) is 0 Å². The molecule has 0 fully saturated rings. The topological polar surface area (TPSA) is 12.0 Å². The number of rotatable bonds is 6. The highest BCUT2D eigenvalue weighted by Gasteiger charge is 2.13. The molecule has 0 heterocycles. The van der Waals surface area contributed by atoms with Gasteiger partial charge in [-0.05, 0) is 70.3 Å². The fourth-order valence-corrected chi connectivity index (χ4v) is 3.04. The Hall–Kier alpha value is -0.870. The summed E-state index contributed by atoms with van der Waals surface area (Å²) in [7, 11) is 0. The highest BCUT2D eigenvalue weighted by molar-refractivity contribution is 14.1. The van der Waals surface area contributed by atoms with Gasteiger partial charge in [0, 0.05) is 3.57 Å². The van der Waals surface area contributed by atoms with Crippen LogP contribution in [0.5, 0.6) is 0 Å². The van der Waals surface area contributed by atoms with Crippen molar-refractivity contribution in [1.82, 2.24) is 5.32 Å². The minimum Gasteiger partial charge on any atom is -0.306 e. The summed E-state index contributed by atoms with van der Waals surface area (Å²) in [5, 5.41) is 3.67. The van der Waals surface area contributed by atoms with Crippen LogP contribution in [0.3, 0.4) is 0 Å². The maximum Gasteiger partial charge on any atom is 0.0577 e. The van der Waals surface area contributed by atoms with E-state index in [0.717, 1.165) is 13.0 Å². The zero-order valence-corrected chi connectivity index (χ0v) is 15.2. The van der Waals surface area contributed by atoms with Gasteiger partial charge in [-0.2, -0.15) is 0 Å². The average molecular weight is 393 g/mol. The van der Waals surface area contributed by atoms with Crippen LogP contribution < -0.4 is 5.32 Å². The molecule has 0 aromatic heterocycles. The molecule has 1 atom stereocenters. The molecule has 2 aromatic carbocycles. The van der Waals surface area contributed by atoms with Gasteiger partial charge in [0.2, 0.25) is 0 Å². The molecule has 0 aliphatic heterocycles. The molecule has 1 N–H and O–H groups in total. The number of nitrogens with one attached hydrogen (secondary N) is 1. The lowest BCUT2D eigenvalue weighted by Crippen LogP contribution is -2.23. The molecule has 0 saturated carbocycles. The van der Waals surface area contributed by atoms with E-state index in [9.17, 15) is 0 Å². The minimum absolute atomic E-state index is 0.279. The Morgan fingerprint density at radius 3 is 2.19 bits per heavy atom. The van der Waals surface area contributed by atoms with Crippen molar-refractivity contribution in [1.29, 1.82) is 0 Å².